The lowest BCUT2D eigenvalue weighted by molar-refractivity contribution is 0.355. The molecule has 0 atom stereocenters. The van der Waals surface area contributed by atoms with Gasteiger partial charge in [0, 0.05) is 129 Å². The maximum atomic E-state index is 6.18. The molecule has 12 heterocycles. The number of aromatic nitrogens is 15. The van der Waals surface area contributed by atoms with E-state index in [1.807, 2.05) is 214 Å². The predicted octanol–water partition coefficient (Wildman–Crippen LogP) is 24.4. The van der Waals surface area contributed by atoms with Gasteiger partial charge in [-0.25, -0.2) is 34.9 Å². The predicted molar refractivity (Wildman–Crippen MR) is 550 cm³/mol. The second-order valence-corrected chi connectivity index (χ2v) is 35.0. The van der Waals surface area contributed by atoms with Crippen LogP contribution in [0.5, 0.6) is 11.5 Å². The summed E-state index contributed by atoms with van der Waals surface area (Å²) in [7, 11) is 7.44. The van der Waals surface area contributed by atoms with E-state index < -0.39 is 0 Å². The van der Waals surface area contributed by atoms with Gasteiger partial charge in [-0.1, -0.05) is 151 Å². The van der Waals surface area contributed by atoms with Gasteiger partial charge in [0.25, 0.3) is 0 Å². The number of benzene rings is 12. The molecule has 0 bridgehead atoms. The van der Waals surface area contributed by atoms with E-state index in [4.69, 9.17) is 61.0 Å². The van der Waals surface area contributed by atoms with Gasteiger partial charge in [0.1, 0.15) is 11.6 Å². The quantitative estimate of drug-likeness (QED) is 0.0688. The smallest absolute Gasteiger partial charge is 0.162 e. The molecule has 0 fully saturated rings. The van der Waals surface area contributed by atoms with Crippen LogP contribution in [-0.2, 0) is 91.1 Å². The van der Waals surface area contributed by atoms with E-state index in [9.17, 15) is 0 Å². The average Bonchev–Trinajstić information content (AvgIpc) is 1.71. The molecule has 136 heavy (non-hydrogen) atoms. The molecule has 0 spiro atoms. The Morgan fingerprint density at radius 1 is 0.257 bits per heavy atom. The molecule has 0 saturated carbocycles. The van der Waals surface area contributed by atoms with Gasteiger partial charge < -0.3 is 18.6 Å². The van der Waals surface area contributed by atoms with Crippen LogP contribution in [0.4, 0.5) is 22.7 Å². The molecule has 4 aliphatic rings. The van der Waals surface area contributed by atoms with Crippen LogP contribution in [0.15, 0.2) is 318 Å². The van der Waals surface area contributed by atoms with E-state index >= 15 is 0 Å². The number of hydrogen-bond donors (Lipinski definition) is 0. The maximum absolute atomic E-state index is 6.18. The van der Waals surface area contributed by atoms with Gasteiger partial charge in [-0.05, 0) is 245 Å². The monoisotopic (exact) mass is 1800 g/mol. The lowest BCUT2D eigenvalue weighted by Crippen LogP contribution is -2.02. The Bertz CT molecular complexity index is 7660. The van der Waals surface area contributed by atoms with Crippen molar-refractivity contribution in [3.8, 4) is 11.5 Å². The molecule has 0 amide bonds. The molecule has 12 aromatic carbocycles. The molecular formula is C114H102ClN19O2. The van der Waals surface area contributed by atoms with Crippen molar-refractivity contribution >= 4 is 145 Å². The highest BCUT2D eigenvalue weighted by Gasteiger charge is 2.23. The zero-order valence-electron chi connectivity index (χ0n) is 77.3. The van der Waals surface area contributed by atoms with Gasteiger partial charge in [0.2, 0.25) is 0 Å². The highest BCUT2D eigenvalue weighted by molar-refractivity contribution is 6.31. The van der Waals surface area contributed by atoms with E-state index in [2.05, 4.69) is 173 Å². The number of rotatable bonds is 20. The molecule has 0 radical (unpaired) electrons. The molecule has 22 heteroatoms. The highest BCUT2D eigenvalue weighted by Crippen LogP contribution is 2.40. The third-order valence-electron chi connectivity index (χ3n) is 25.1. The van der Waals surface area contributed by atoms with Gasteiger partial charge in [-0.15, -0.1) is 0 Å². The van der Waals surface area contributed by atoms with E-state index in [0.29, 0.717) is 5.75 Å². The van der Waals surface area contributed by atoms with Crippen molar-refractivity contribution in [1.82, 2.24) is 73.9 Å². The number of aliphatic imine (C=N–C) groups is 4. The summed E-state index contributed by atoms with van der Waals surface area (Å²) in [6, 6.07) is 89.7. The number of hydrogen-bond acceptors (Lipinski definition) is 19. The normalized spacial score (nSPS) is 12.5. The summed E-state index contributed by atoms with van der Waals surface area (Å²) in [5.74, 6) is 3.65. The molecule has 672 valence electrons. The van der Waals surface area contributed by atoms with Crippen LogP contribution in [0.25, 0.3) is 88.1 Å². The summed E-state index contributed by atoms with van der Waals surface area (Å²) in [5.41, 5.74) is 39.2. The number of nitrogens with zero attached hydrogens (tertiary/aromatic N) is 19. The van der Waals surface area contributed by atoms with Gasteiger partial charge in [-0.2, -0.15) is 0 Å². The van der Waals surface area contributed by atoms with E-state index in [1.54, 1.807) is 14.2 Å². The van der Waals surface area contributed by atoms with Gasteiger partial charge in [0.15, 0.2) is 11.5 Å². The van der Waals surface area contributed by atoms with Gasteiger partial charge >= 0.3 is 0 Å². The molecule has 0 unspecified atom stereocenters. The van der Waals surface area contributed by atoms with Crippen LogP contribution in [-0.4, -0.2) is 111 Å². The summed E-state index contributed by atoms with van der Waals surface area (Å²) >= 11 is 6.18. The average molecular weight is 1810 g/mol. The molecular weight excluding hydrogens is 1700 g/mol. The first kappa shape index (κ1) is 89.5. The van der Waals surface area contributed by atoms with Crippen molar-refractivity contribution in [3.63, 3.8) is 0 Å². The third kappa shape index (κ3) is 21.5. The van der Waals surface area contributed by atoms with Gasteiger partial charge in [0.05, 0.1) is 148 Å². The van der Waals surface area contributed by atoms with E-state index in [1.165, 1.54) is 66.9 Å². The second kappa shape index (κ2) is 41.6. The lowest BCUT2D eigenvalue weighted by Gasteiger charge is -2.08. The molecule has 0 saturated heterocycles. The maximum Gasteiger partial charge on any atom is 0.162 e. The number of imidazole rings is 2. The van der Waals surface area contributed by atoms with Crippen molar-refractivity contribution in [1.29, 1.82) is 0 Å². The van der Waals surface area contributed by atoms with Crippen LogP contribution in [0.3, 0.4) is 0 Å². The first-order valence-electron chi connectivity index (χ1n) is 46.3. The van der Waals surface area contributed by atoms with Crippen molar-refractivity contribution in [3.05, 3.63) is 388 Å². The van der Waals surface area contributed by atoms with Crippen molar-refractivity contribution in [2.75, 3.05) is 14.2 Å². The van der Waals surface area contributed by atoms with Crippen molar-refractivity contribution < 1.29 is 9.47 Å². The Hall–Kier alpha value is -15.7. The van der Waals surface area contributed by atoms with E-state index in [0.717, 1.165) is 265 Å². The van der Waals surface area contributed by atoms with E-state index in [-0.39, 0.29) is 0 Å². The Labute approximate surface area is 794 Å². The molecule has 8 aromatic heterocycles. The summed E-state index contributed by atoms with van der Waals surface area (Å²) in [6.07, 6.45) is 23.7. The Morgan fingerprint density at radius 2 is 0.566 bits per heavy atom. The Kier molecular flexibility index (Phi) is 27.4. The minimum absolute atomic E-state index is 0.714. The zero-order chi connectivity index (χ0) is 92.8. The number of pyridine rings is 1. The molecule has 4 aliphatic heterocycles. The van der Waals surface area contributed by atoms with Gasteiger partial charge in [-0.3, -0.25) is 49.9 Å². The molecule has 21 nitrogen and oxygen atoms in total. The fraction of sp³-hybridized carbons (Fsp3) is 0.202. The highest BCUT2D eigenvalue weighted by atomic mass is 35.5. The molecule has 0 aliphatic carbocycles. The second-order valence-electron chi connectivity index (χ2n) is 34.6. The number of methoxy groups -OCH3 is 2. The summed E-state index contributed by atoms with van der Waals surface area (Å²) in [6.45, 7) is 6.34. The van der Waals surface area contributed by atoms with Crippen LogP contribution in [0, 0.1) is 20.8 Å². The Morgan fingerprint density at radius 3 is 0.985 bits per heavy atom. The Balaban J connectivity index is 0.000000105. The van der Waals surface area contributed by atoms with Crippen LogP contribution in [0.2, 0.25) is 5.02 Å². The first-order chi connectivity index (χ1) is 66.6. The minimum Gasteiger partial charge on any atom is -0.493 e. The number of fused-ring (bicyclic) bond motifs is 12. The lowest BCUT2D eigenvalue weighted by atomic mass is 10.0. The zero-order valence-corrected chi connectivity index (χ0v) is 78.1. The molecule has 20 aromatic rings. The van der Waals surface area contributed by atoms with Crippen LogP contribution >= 0.6 is 11.6 Å². The largest absolute Gasteiger partial charge is 0.493 e. The molecule has 0 N–H and O–H groups in total. The first-order valence-corrected chi connectivity index (χ1v) is 46.7. The summed E-state index contributed by atoms with van der Waals surface area (Å²) in [5, 5.41) is 1.98. The SMILES string of the molecule is COc1cc2c(cc1OC)N=C(CCc1cnc3ccccc3n1)C2.Cc1cc2c(cc1C)N=C(CCc1cnc3ccccc3n1)C2.Cc1cc2c(cc1Cl)N=C(CCc1cnc3ccccc3n1)C2.Cn1c(CCc2ccc3ccccc3n2)nc2ccccc21.Cn1c(CCc2cnc3ccccc3n2)nc2ccccc21.c1ccc2c(c1)CC(CCc1cnc3ccccc3n1)=N2. The minimum atomic E-state index is 0.714. The summed E-state index contributed by atoms with van der Waals surface area (Å²) < 4.78 is 15.1. The standard InChI is InChI=1S/C20H19N3O2.C20H19N3.C19H16ClN3.C19H17N3.C18H16N4.C18H15N3/c1-24-19-10-13-9-14(22-18(13)11-20(19)25-2)7-8-15-12-21-16-5-3-4-6-17(16)23-15;1-13-9-15-11-16(22-20(15)10-14(13)2)7-8-17-12-21-18-5-3-4-6-19(18)23-17;1-12-8-13-9-14(22-19(13)10-16(12)20)6-7-15-11-21-17-4-2-3-5-18(17)23-15;1-22-18-9-5-4-8-17(18)21-19(22)13-12-15-11-10-14-6-2-3-7-16(14)20-15;1-22-17-9-5-4-8-16(17)21-18(22)11-10-13-12-19-14-6-2-3-7-15(14)20-13;1-2-6-16-13(5-1)11-14(20-16)9-10-15-12-19-17-7-3-4-8-18(17)21-15/h3-6,10-12H,7-9H2,1-2H3;3-6,9-10,12H,7-8,11H2,1-2H3;2-5,8,10-11H,6-7,9H2,1H3;2-11H,12-13H2,1H3;2-9,12H,10-11H2,1H3;1-8,12H,9-11H2. The van der Waals surface area contributed by atoms with Crippen molar-refractivity contribution in [2.24, 2.45) is 34.1 Å². The fourth-order valence-corrected chi connectivity index (χ4v) is 17.7. The van der Waals surface area contributed by atoms with Crippen LogP contribution in [0.1, 0.15) is 110 Å². The van der Waals surface area contributed by atoms with Crippen molar-refractivity contribution in [2.45, 2.75) is 124 Å². The van der Waals surface area contributed by atoms with Crippen LogP contribution < -0.4 is 9.47 Å². The number of ether oxygens (including phenoxy) is 2. The molecule has 24 rings (SSSR count). The number of halogens is 1. The number of para-hydroxylation sites is 16. The topological polar surface area (TPSA) is 245 Å². The number of aryl methyl sites for hydroxylation is 13. The summed E-state index contributed by atoms with van der Waals surface area (Å²) in [4.78, 5) is 78.9. The third-order valence-corrected chi connectivity index (χ3v) is 25.5. The fourth-order valence-electron chi connectivity index (χ4n) is 17.5.